The van der Waals surface area contributed by atoms with Crippen LogP contribution in [0.4, 0.5) is 0 Å². The summed E-state index contributed by atoms with van der Waals surface area (Å²) in [5.74, 6) is -0.469. The molecule has 1 amide bonds. The van der Waals surface area contributed by atoms with E-state index in [-0.39, 0.29) is 5.91 Å². The molecule has 1 saturated carbocycles. The minimum absolute atomic E-state index is 0.118. The molecular weight excluding hydrogens is 382 g/mol. The third kappa shape index (κ3) is 3.87. The van der Waals surface area contributed by atoms with Gasteiger partial charge in [0.1, 0.15) is 5.69 Å². The van der Waals surface area contributed by atoms with E-state index in [0.29, 0.717) is 61.7 Å². The molecular formula is C22H21N5O3. The fourth-order valence-electron chi connectivity index (χ4n) is 3.51. The molecule has 2 heterocycles. The summed E-state index contributed by atoms with van der Waals surface area (Å²) < 4.78 is 0. The molecule has 1 aliphatic heterocycles. The van der Waals surface area contributed by atoms with Gasteiger partial charge in [-0.25, -0.2) is 9.79 Å². The van der Waals surface area contributed by atoms with Crippen LogP contribution in [-0.2, 0) is 4.79 Å². The lowest BCUT2D eigenvalue weighted by Gasteiger charge is -2.36. The second-order valence-electron chi connectivity index (χ2n) is 7.46. The number of nitriles is 1. The molecule has 0 unspecified atom stereocenters. The number of carboxylic acids is 1. The second kappa shape index (κ2) is 7.95. The van der Waals surface area contributed by atoms with E-state index in [2.05, 4.69) is 16.0 Å². The first kappa shape index (κ1) is 19.6. The Balaban J connectivity index is 1.52. The summed E-state index contributed by atoms with van der Waals surface area (Å²) in [6.07, 6.45) is 2.70. The molecule has 152 valence electrons. The molecule has 8 nitrogen and oxygen atoms in total. The van der Waals surface area contributed by atoms with Crippen LogP contribution in [-0.4, -0.2) is 69.3 Å². The quantitative estimate of drug-likeness (QED) is 0.615. The topological polar surface area (TPSA) is 110 Å². The van der Waals surface area contributed by atoms with Crippen LogP contribution in [0, 0.1) is 11.3 Å². The largest absolute Gasteiger partial charge is 0.479 e. The van der Waals surface area contributed by atoms with Crippen molar-refractivity contribution in [3.63, 3.8) is 0 Å². The van der Waals surface area contributed by atoms with E-state index in [1.807, 2.05) is 17.0 Å². The highest BCUT2D eigenvalue weighted by Gasteiger charge is 2.51. The molecule has 0 spiro atoms. The molecule has 8 heteroatoms. The summed E-state index contributed by atoms with van der Waals surface area (Å²) in [4.78, 5) is 37.2. The number of carbonyl (C=O) groups is 2. The van der Waals surface area contributed by atoms with E-state index in [9.17, 15) is 14.7 Å². The molecule has 1 N–H and O–H groups in total. The number of carboxylic acid groups (broad SMARTS) is 1. The lowest BCUT2D eigenvalue weighted by Crippen LogP contribution is -2.51. The Morgan fingerprint density at radius 3 is 2.40 bits per heavy atom. The number of amidine groups is 1. The Hall–Kier alpha value is -3.73. The zero-order chi connectivity index (χ0) is 21.1. The number of piperazine rings is 1. The van der Waals surface area contributed by atoms with Crippen molar-refractivity contribution in [1.82, 2.24) is 14.8 Å². The standard InChI is InChI=1S/C22H21N5O3/c23-15-16-4-3-5-17(14-16)20(28)27-12-10-26(11-13-27)19(18-6-1-2-9-24-18)25-22(7-8-22)21(29)30/h1-6,9,14H,7-8,10-13H2,(H,29,30). The maximum absolute atomic E-state index is 12.8. The van der Waals surface area contributed by atoms with Crippen molar-refractivity contribution in [2.24, 2.45) is 4.99 Å². The molecule has 2 fully saturated rings. The Morgan fingerprint density at radius 1 is 1.07 bits per heavy atom. The molecule has 0 bridgehead atoms. The summed E-state index contributed by atoms with van der Waals surface area (Å²) in [5.41, 5.74) is 0.514. The van der Waals surface area contributed by atoms with Crippen molar-refractivity contribution in [1.29, 1.82) is 5.26 Å². The Kier molecular flexibility index (Phi) is 5.19. The van der Waals surface area contributed by atoms with E-state index < -0.39 is 11.5 Å². The summed E-state index contributed by atoms with van der Waals surface area (Å²) in [6.45, 7) is 1.99. The summed E-state index contributed by atoms with van der Waals surface area (Å²) >= 11 is 0. The van der Waals surface area contributed by atoms with Gasteiger partial charge in [0, 0.05) is 37.9 Å². The van der Waals surface area contributed by atoms with Crippen LogP contribution in [0.1, 0.15) is 34.5 Å². The molecule has 1 aromatic carbocycles. The lowest BCUT2D eigenvalue weighted by atomic mass is 10.1. The van der Waals surface area contributed by atoms with Gasteiger partial charge in [-0.15, -0.1) is 0 Å². The third-order valence-corrected chi connectivity index (χ3v) is 5.44. The van der Waals surface area contributed by atoms with Gasteiger partial charge in [-0.2, -0.15) is 5.26 Å². The summed E-state index contributed by atoms with van der Waals surface area (Å²) in [6, 6.07) is 14.2. The Labute approximate surface area is 174 Å². The molecule has 0 radical (unpaired) electrons. The van der Waals surface area contributed by atoms with Gasteiger partial charge in [0.05, 0.1) is 11.6 Å². The number of aromatic nitrogens is 1. The number of hydrogen-bond donors (Lipinski definition) is 1. The van der Waals surface area contributed by atoms with Crippen LogP contribution in [0.5, 0.6) is 0 Å². The number of rotatable bonds is 4. The third-order valence-electron chi connectivity index (χ3n) is 5.44. The van der Waals surface area contributed by atoms with Gasteiger partial charge in [0.25, 0.3) is 5.91 Å². The van der Waals surface area contributed by atoms with Crippen molar-refractivity contribution in [3.05, 3.63) is 65.5 Å². The van der Waals surface area contributed by atoms with Gasteiger partial charge in [-0.1, -0.05) is 12.1 Å². The number of hydrogen-bond acceptors (Lipinski definition) is 5. The minimum atomic E-state index is -1.06. The first-order chi connectivity index (χ1) is 14.5. The van der Waals surface area contributed by atoms with E-state index in [1.165, 1.54) is 0 Å². The van der Waals surface area contributed by atoms with Crippen molar-refractivity contribution < 1.29 is 14.7 Å². The number of benzene rings is 1. The molecule has 1 saturated heterocycles. The van der Waals surface area contributed by atoms with Crippen LogP contribution in [0.25, 0.3) is 0 Å². The van der Waals surface area contributed by atoms with Gasteiger partial charge in [0.15, 0.2) is 11.4 Å². The van der Waals surface area contributed by atoms with Gasteiger partial charge >= 0.3 is 5.97 Å². The van der Waals surface area contributed by atoms with Crippen LogP contribution in [0.15, 0.2) is 53.7 Å². The molecule has 0 atom stereocenters. The van der Waals surface area contributed by atoms with E-state index in [0.717, 1.165) is 0 Å². The van der Waals surface area contributed by atoms with Crippen molar-refractivity contribution in [2.45, 2.75) is 18.4 Å². The number of aliphatic carboxylic acids is 1. The molecule has 2 aliphatic rings. The Morgan fingerprint density at radius 2 is 1.80 bits per heavy atom. The van der Waals surface area contributed by atoms with Gasteiger partial charge in [-0.05, 0) is 43.2 Å². The van der Waals surface area contributed by atoms with Crippen LogP contribution in [0.2, 0.25) is 0 Å². The first-order valence-corrected chi connectivity index (χ1v) is 9.81. The van der Waals surface area contributed by atoms with Crippen molar-refractivity contribution in [2.75, 3.05) is 26.2 Å². The molecule has 30 heavy (non-hydrogen) atoms. The smallest absolute Gasteiger partial charge is 0.331 e. The second-order valence-corrected chi connectivity index (χ2v) is 7.46. The lowest BCUT2D eigenvalue weighted by molar-refractivity contribution is -0.139. The monoisotopic (exact) mass is 403 g/mol. The van der Waals surface area contributed by atoms with E-state index >= 15 is 0 Å². The summed E-state index contributed by atoms with van der Waals surface area (Å²) in [7, 11) is 0. The highest BCUT2D eigenvalue weighted by atomic mass is 16.4. The fourth-order valence-corrected chi connectivity index (χ4v) is 3.51. The number of aliphatic imine (C=N–C) groups is 1. The maximum atomic E-state index is 12.8. The van der Waals surface area contributed by atoms with Crippen molar-refractivity contribution >= 4 is 17.7 Å². The normalized spacial score (nSPS) is 17.9. The van der Waals surface area contributed by atoms with Gasteiger partial charge in [0.2, 0.25) is 0 Å². The maximum Gasteiger partial charge on any atom is 0.331 e. The predicted octanol–water partition coefficient (Wildman–Crippen LogP) is 1.78. The highest BCUT2D eigenvalue weighted by molar-refractivity contribution is 6.00. The molecule has 1 aliphatic carbocycles. The molecule has 4 rings (SSSR count). The van der Waals surface area contributed by atoms with Crippen molar-refractivity contribution in [3.8, 4) is 6.07 Å². The van der Waals surface area contributed by atoms with Crippen LogP contribution in [0.3, 0.4) is 0 Å². The predicted molar refractivity (Wildman–Crippen MR) is 109 cm³/mol. The number of nitrogens with zero attached hydrogens (tertiary/aromatic N) is 5. The van der Waals surface area contributed by atoms with Gasteiger partial charge in [-0.3, -0.25) is 9.78 Å². The Bertz CT molecular complexity index is 1030. The minimum Gasteiger partial charge on any atom is -0.479 e. The molecule has 1 aromatic heterocycles. The fraction of sp³-hybridized carbons (Fsp3) is 0.318. The number of carbonyl (C=O) groups excluding carboxylic acids is 1. The number of amides is 1. The van der Waals surface area contributed by atoms with E-state index in [4.69, 9.17) is 5.26 Å². The average Bonchev–Trinajstić information content (AvgIpc) is 3.59. The van der Waals surface area contributed by atoms with Gasteiger partial charge < -0.3 is 14.9 Å². The number of pyridine rings is 1. The SMILES string of the molecule is N#Cc1cccc(C(=O)N2CCN(C(=NC3(C(=O)O)CC3)c3ccccn3)CC2)c1. The average molecular weight is 403 g/mol. The zero-order valence-corrected chi connectivity index (χ0v) is 16.4. The first-order valence-electron chi connectivity index (χ1n) is 9.81. The molecule has 2 aromatic rings. The van der Waals surface area contributed by atoms with Crippen LogP contribution < -0.4 is 0 Å². The van der Waals surface area contributed by atoms with Crippen LogP contribution >= 0.6 is 0 Å². The van der Waals surface area contributed by atoms with E-state index in [1.54, 1.807) is 41.4 Å². The highest BCUT2D eigenvalue weighted by Crippen LogP contribution is 2.40. The zero-order valence-electron chi connectivity index (χ0n) is 16.4. The summed E-state index contributed by atoms with van der Waals surface area (Å²) in [5, 5.41) is 18.6.